The quantitative estimate of drug-likeness (QED) is 0.752. The number of thioether (sulfide) groups is 1. The molecule has 1 nitrogen and oxygen atoms in total. The second-order valence-electron chi connectivity index (χ2n) is 2.78. The lowest BCUT2D eigenvalue weighted by molar-refractivity contribution is 1.23. The Kier molecular flexibility index (Phi) is 2.61. The van der Waals surface area contributed by atoms with Crippen LogP contribution < -0.4 is 5.32 Å². The first-order valence-electron chi connectivity index (χ1n) is 3.96. The van der Waals surface area contributed by atoms with Crippen molar-refractivity contribution in [2.45, 2.75) is 5.75 Å². The molecular formula is C9H10BrNS. The van der Waals surface area contributed by atoms with Gasteiger partial charge in [-0.2, -0.15) is 11.8 Å². The van der Waals surface area contributed by atoms with Crippen LogP contribution in [0.4, 0.5) is 5.69 Å². The maximum atomic E-state index is 3.48. The van der Waals surface area contributed by atoms with E-state index >= 15 is 0 Å². The van der Waals surface area contributed by atoms with Crippen LogP contribution in [0.5, 0.6) is 0 Å². The largest absolute Gasteiger partial charge is 0.384 e. The molecule has 0 aliphatic carbocycles. The first kappa shape index (κ1) is 8.45. The summed E-state index contributed by atoms with van der Waals surface area (Å²) >= 11 is 5.46. The van der Waals surface area contributed by atoms with Crippen molar-refractivity contribution in [2.24, 2.45) is 0 Å². The van der Waals surface area contributed by atoms with E-state index < -0.39 is 0 Å². The SMILES string of the molecule is Brc1ccc2c(c1)CSCCN2. The van der Waals surface area contributed by atoms with E-state index in [4.69, 9.17) is 0 Å². The van der Waals surface area contributed by atoms with Crippen molar-refractivity contribution in [2.75, 3.05) is 17.6 Å². The van der Waals surface area contributed by atoms with Crippen LogP contribution in [0.2, 0.25) is 0 Å². The average Bonchev–Trinajstić information content (AvgIpc) is 2.28. The van der Waals surface area contributed by atoms with Crippen molar-refractivity contribution < 1.29 is 0 Å². The van der Waals surface area contributed by atoms with Crippen LogP contribution in [0.1, 0.15) is 5.56 Å². The van der Waals surface area contributed by atoms with E-state index in [0.717, 1.165) is 12.3 Å². The predicted octanol–water partition coefficient (Wildman–Crippen LogP) is 3.11. The third-order valence-corrected chi connectivity index (χ3v) is 3.39. The van der Waals surface area contributed by atoms with Crippen molar-refractivity contribution >= 4 is 33.4 Å². The highest BCUT2D eigenvalue weighted by molar-refractivity contribution is 9.10. The lowest BCUT2D eigenvalue weighted by Crippen LogP contribution is -2.01. The Balaban J connectivity index is 2.36. The van der Waals surface area contributed by atoms with Crippen LogP contribution in [-0.4, -0.2) is 12.3 Å². The van der Waals surface area contributed by atoms with E-state index in [1.807, 2.05) is 11.8 Å². The molecule has 0 spiro atoms. The molecule has 3 heteroatoms. The number of hydrogen-bond donors (Lipinski definition) is 1. The average molecular weight is 244 g/mol. The molecular weight excluding hydrogens is 234 g/mol. The predicted molar refractivity (Wildman–Crippen MR) is 58.8 cm³/mol. The Morgan fingerprint density at radius 1 is 1.42 bits per heavy atom. The fourth-order valence-electron chi connectivity index (χ4n) is 1.29. The fraction of sp³-hybridized carbons (Fsp3) is 0.333. The molecule has 12 heavy (non-hydrogen) atoms. The minimum Gasteiger partial charge on any atom is -0.384 e. The summed E-state index contributed by atoms with van der Waals surface area (Å²) in [4.78, 5) is 0. The molecule has 0 fully saturated rings. The van der Waals surface area contributed by atoms with Crippen molar-refractivity contribution in [3.8, 4) is 0 Å². The maximum absolute atomic E-state index is 3.48. The highest BCUT2D eigenvalue weighted by atomic mass is 79.9. The molecule has 0 bridgehead atoms. The molecule has 1 aromatic rings. The van der Waals surface area contributed by atoms with Crippen LogP contribution in [0.25, 0.3) is 0 Å². The van der Waals surface area contributed by atoms with E-state index in [9.17, 15) is 0 Å². The summed E-state index contributed by atoms with van der Waals surface area (Å²) in [7, 11) is 0. The van der Waals surface area contributed by atoms with Crippen LogP contribution in [0.3, 0.4) is 0 Å². The monoisotopic (exact) mass is 243 g/mol. The summed E-state index contributed by atoms with van der Waals surface area (Å²) in [6.45, 7) is 1.08. The van der Waals surface area contributed by atoms with Gasteiger partial charge >= 0.3 is 0 Å². The molecule has 0 saturated heterocycles. The Labute approximate surface area is 85.1 Å². The van der Waals surface area contributed by atoms with Gasteiger partial charge in [0.15, 0.2) is 0 Å². The van der Waals surface area contributed by atoms with Crippen LogP contribution in [0.15, 0.2) is 22.7 Å². The highest BCUT2D eigenvalue weighted by Crippen LogP contribution is 2.27. The Hall–Kier alpha value is -0.150. The minimum absolute atomic E-state index is 1.08. The van der Waals surface area contributed by atoms with Crippen LogP contribution in [0, 0.1) is 0 Å². The van der Waals surface area contributed by atoms with Gasteiger partial charge in [-0.05, 0) is 23.8 Å². The third kappa shape index (κ3) is 1.77. The van der Waals surface area contributed by atoms with Gasteiger partial charge in [0.2, 0.25) is 0 Å². The zero-order chi connectivity index (χ0) is 8.39. The van der Waals surface area contributed by atoms with Crippen molar-refractivity contribution in [3.05, 3.63) is 28.2 Å². The van der Waals surface area contributed by atoms with Gasteiger partial charge in [-0.25, -0.2) is 0 Å². The molecule has 0 unspecified atom stereocenters. The molecule has 64 valence electrons. The van der Waals surface area contributed by atoms with Gasteiger partial charge in [0, 0.05) is 28.2 Å². The third-order valence-electron chi connectivity index (χ3n) is 1.89. The normalized spacial score (nSPS) is 16.1. The lowest BCUT2D eigenvalue weighted by Gasteiger charge is -2.06. The molecule has 1 aromatic carbocycles. The number of benzene rings is 1. The van der Waals surface area contributed by atoms with Gasteiger partial charge in [-0.1, -0.05) is 15.9 Å². The van der Waals surface area contributed by atoms with Gasteiger partial charge in [0.1, 0.15) is 0 Å². The molecule has 1 heterocycles. The first-order chi connectivity index (χ1) is 5.86. The van der Waals surface area contributed by atoms with Crippen molar-refractivity contribution in [1.82, 2.24) is 0 Å². The molecule has 1 aliphatic heterocycles. The van der Waals surface area contributed by atoms with Gasteiger partial charge in [0.25, 0.3) is 0 Å². The molecule has 2 rings (SSSR count). The molecule has 0 aromatic heterocycles. The number of hydrogen-bond acceptors (Lipinski definition) is 2. The first-order valence-corrected chi connectivity index (χ1v) is 5.91. The zero-order valence-electron chi connectivity index (χ0n) is 6.64. The smallest absolute Gasteiger partial charge is 0.0382 e. The van der Waals surface area contributed by atoms with E-state index in [2.05, 4.69) is 39.4 Å². The summed E-state index contributed by atoms with van der Waals surface area (Å²) in [5, 5.41) is 3.41. The summed E-state index contributed by atoms with van der Waals surface area (Å²) in [6, 6.07) is 6.42. The Bertz CT molecular complexity index is 288. The topological polar surface area (TPSA) is 12.0 Å². The number of anilines is 1. The minimum atomic E-state index is 1.08. The molecule has 0 radical (unpaired) electrons. The molecule has 1 aliphatic rings. The van der Waals surface area contributed by atoms with Crippen LogP contribution >= 0.6 is 27.7 Å². The molecule has 1 N–H and O–H groups in total. The Morgan fingerprint density at radius 2 is 2.33 bits per heavy atom. The van der Waals surface area contributed by atoms with Crippen molar-refractivity contribution in [1.29, 1.82) is 0 Å². The van der Waals surface area contributed by atoms with Gasteiger partial charge in [-0.15, -0.1) is 0 Å². The van der Waals surface area contributed by atoms with Gasteiger partial charge in [0.05, 0.1) is 0 Å². The molecule has 0 amide bonds. The summed E-state index contributed by atoms with van der Waals surface area (Å²) in [6.07, 6.45) is 0. The lowest BCUT2D eigenvalue weighted by atomic mass is 10.2. The van der Waals surface area contributed by atoms with E-state index in [-0.39, 0.29) is 0 Å². The standard InChI is InChI=1S/C9H10BrNS/c10-8-1-2-9-7(5-8)6-12-4-3-11-9/h1-2,5,11H,3-4,6H2. The summed E-state index contributed by atoms with van der Waals surface area (Å²) in [5.74, 6) is 2.33. The molecule has 0 saturated carbocycles. The van der Waals surface area contributed by atoms with E-state index in [1.165, 1.54) is 21.5 Å². The zero-order valence-corrected chi connectivity index (χ0v) is 9.04. The Morgan fingerprint density at radius 3 is 3.25 bits per heavy atom. The van der Waals surface area contributed by atoms with E-state index in [1.54, 1.807) is 0 Å². The molecule has 0 atom stereocenters. The van der Waals surface area contributed by atoms with E-state index in [0.29, 0.717) is 0 Å². The van der Waals surface area contributed by atoms with Crippen molar-refractivity contribution in [3.63, 3.8) is 0 Å². The van der Waals surface area contributed by atoms with Gasteiger partial charge < -0.3 is 5.32 Å². The maximum Gasteiger partial charge on any atom is 0.0382 e. The van der Waals surface area contributed by atoms with Crippen LogP contribution in [-0.2, 0) is 5.75 Å². The summed E-state index contributed by atoms with van der Waals surface area (Å²) in [5.41, 5.74) is 2.70. The fourth-order valence-corrected chi connectivity index (χ4v) is 2.55. The van der Waals surface area contributed by atoms with Gasteiger partial charge in [-0.3, -0.25) is 0 Å². The highest BCUT2D eigenvalue weighted by Gasteiger charge is 2.06. The second kappa shape index (κ2) is 3.71. The number of halogens is 1. The number of nitrogens with one attached hydrogen (secondary N) is 1. The summed E-state index contributed by atoms with van der Waals surface area (Å²) < 4.78 is 1.17. The number of fused-ring (bicyclic) bond motifs is 1. The number of rotatable bonds is 0. The second-order valence-corrected chi connectivity index (χ2v) is 4.80.